The molecule has 0 unspecified atom stereocenters. The van der Waals surface area contributed by atoms with Crippen LogP contribution in [0.5, 0.6) is 5.75 Å². The number of nitrogens with zero attached hydrogens (tertiary/aromatic N) is 6. The number of benzene rings is 1. The van der Waals surface area contributed by atoms with Gasteiger partial charge in [-0.05, 0) is 64.3 Å². The normalized spacial score (nSPS) is 15.6. The lowest BCUT2D eigenvalue weighted by molar-refractivity contribution is -0.114. The highest BCUT2D eigenvalue weighted by molar-refractivity contribution is 6.02. The highest BCUT2D eigenvalue weighted by Crippen LogP contribution is 2.38. The van der Waals surface area contributed by atoms with Crippen LogP contribution < -0.4 is 10.5 Å². The van der Waals surface area contributed by atoms with E-state index in [4.69, 9.17) is 20.2 Å². The number of aromatic nitrogens is 5. The number of carbonyl (C=O) groups is 2. The molecule has 2 aromatic heterocycles. The van der Waals surface area contributed by atoms with Gasteiger partial charge in [0.2, 0.25) is 5.91 Å². The van der Waals surface area contributed by atoms with E-state index in [9.17, 15) is 9.59 Å². The van der Waals surface area contributed by atoms with E-state index in [1.807, 2.05) is 49.8 Å². The second kappa shape index (κ2) is 9.62. The third-order valence-electron chi connectivity index (χ3n) is 6.52. The summed E-state index contributed by atoms with van der Waals surface area (Å²) in [4.78, 5) is 35.9. The molecule has 0 spiro atoms. The lowest BCUT2D eigenvalue weighted by Gasteiger charge is -2.32. The van der Waals surface area contributed by atoms with Gasteiger partial charge in [-0.25, -0.2) is 19.4 Å². The Kier molecular flexibility index (Phi) is 6.46. The molecular formula is C27H33N7O4. The number of imidazole rings is 1. The number of fused-ring (bicyclic) bond motifs is 3. The van der Waals surface area contributed by atoms with E-state index in [0.29, 0.717) is 43.3 Å². The highest BCUT2D eigenvalue weighted by atomic mass is 16.6. The van der Waals surface area contributed by atoms with Gasteiger partial charge < -0.3 is 24.7 Å². The van der Waals surface area contributed by atoms with Crippen molar-refractivity contribution in [2.45, 2.75) is 59.2 Å². The fourth-order valence-electron chi connectivity index (χ4n) is 4.78. The molecule has 2 aliphatic rings. The molecule has 0 fully saturated rings. The van der Waals surface area contributed by atoms with Crippen molar-refractivity contribution in [1.82, 2.24) is 29.2 Å². The molecule has 11 heteroatoms. The van der Waals surface area contributed by atoms with Gasteiger partial charge in [0.05, 0.1) is 18.7 Å². The number of hydrogen-bond acceptors (Lipinski definition) is 7. The van der Waals surface area contributed by atoms with Crippen LogP contribution in [-0.2, 0) is 16.1 Å². The Morgan fingerprint density at radius 3 is 2.66 bits per heavy atom. The molecule has 2 aliphatic heterocycles. The molecule has 11 nitrogen and oxygen atoms in total. The Balaban J connectivity index is 1.48. The number of nitrogens with two attached hydrogens (primary N) is 1. The molecule has 0 atom stereocenters. The van der Waals surface area contributed by atoms with Crippen LogP contribution in [0.3, 0.4) is 0 Å². The van der Waals surface area contributed by atoms with E-state index in [2.05, 4.69) is 28.5 Å². The van der Waals surface area contributed by atoms with Crippen molar-refractivity contribution in [3.8, 4) is 28.7 Å². The highest BCUT2D eigenvalue weighted by Gasteiger charge is 2.30. The number of amides is 2. The zero-order chi connectivity index (χ0) is 27.2. The van der Waals surface area contributed by atoms with Crippen molar-refractivity contribution >= 4 is 17.6 Å². The zero-order valence-electron chi connectivity index (χ0n) is 22.4. The fourth-order valence-corrected chi connectivity index (χ4v) is 4.78. The minimum atomic E-state index is -0.627. The standard InChI is InChI=1S/C27H33N7O4/c1-16(2)34-25(29-15-30-34)21-14-32-10-11-37-22-12-17(6-7-19(22)24(32)31-21)18-8-9-33(13-20(18)23(28)35)26(36)38-27(3,4)5/h6-7,12,14-16H,8-11,13H2,1-5H3,(H2,28,35). The predicted molar refractivity (Wildman–Crippen MR) is 141 cm³/mol. The van der Waals surface area contributed by atoms with Crippen LogP contribution in [0, 0.1) is 0 Å². The van der Waals surface area contributed by atoms with E-state index in [1.54, 1.807) is 6.33 Å². The summed E-state index contributed by atoms with van der Waals surface area (Å²) < 4.78 is 15.5. The Morgan fingerprint density at radius 1 is 1.16 bits per heavy atom. The van der Waals surface area contributed by atoms with Crippen LogP contribution in [0.1, 0.15) is 52.6 Å². The lowest BCUT2D eigenvalue weighted by Crippen LogP contribution is -2.42. The second-order valence-electron chi connectivity index (χ2n) is 10.8. The first kappa shape index (κ1) is 25.5. The molecule has 5 rings (SSSR count). The Hall–Kier alpha value is -4.15. The van der Waals surface area contributed by atoms with E-state index >= 15 is 0 Å². The van der Waals surface area contributed by atoms with Crippen molar-refractivity contribution in [2.24, 2.45) is 5.73 Å². The third-order valence-corrected chi connectivity index (χ3v) is 6.52. The van der Waals surface area contributed by atoms with Gasteiger partial charge in [-0.2, -0.15) is 5.10 Å². The van der Waals surface area contributed by atoms with Gasteiger partial charge in [-0.3, -0.25) is 4.79 Å². The maximum absolute atomic E-state index is 12.6. The van der Waals surface area contributed by atoms with Crippen molar-refractivity contribution in [2.75, 3.05) is 19.7 Å². The zero-order valence-corrected chi connectivity index (χ0v) is 22.4. The number of ether oxygens (including phenoxy) is 2. The number of hydrogen-bond donors (Lipinski definition) is 1. The van der Waals surface area contributed by atoms with Crippen LogP contribution in [0.2, 0.25) is 0 Å². The first-order valence-corrected chi connectivity index (χ1v) is 12.8. The Morgan fingerprint density at radius 2 is 1.95 bits per heavy atom. The average Bonchev–Trinajstić information content (AvgIpc) is 3.47. The molecule has 0 bridgehead atoms. The molecule has 0 aliphatic carbocycles. The second-order valence-corrected chi connectivity index (χ2v) is 10.8. The van der Waals surface area contributed by atoms with E-state index < -0.39 is 17.6 Å². The van der Waals surface area contributed by atoms with Crippen LogP contribution in [0.15, 0.2) is 36.3 Å². The monoisotopic (exact) mass is 519 g/mol. The summed E-state index contributed by atoms with van der Waals surface area (Å²) in [7, 11) is 0. The summed E-state index contributed by atoms with van der Waals surface area (Å²) in [5.41, 5.74) is 8.77. The fraction of sp³-hybridized carbons (Fsp3) is 0.444. The van der Waals surface area contributed by atoms with Crippen LogP contribution in [-0.4, -0.2) is 66.5 Å². The number of rotatable bonds is 4. The van der Waals surface area contributed by atoms with Gasteiger partial charge in [-0.15, -0.1) is 0 Å². The summed E-state index contributed by atoms with van der Waals surface area (Å²) >= 11 is 0. The molecular weight excluding hydrogens is 486 g/mol. The van der Waals surface area contributed by atoms with Crippen LogP contribution in [0.25, 0.3) is 28.5 Å². The number of primary amides is 1. The van der Waals surface area contributed by atoms with E-state index in [-0.39, 0.29) is 12.6 Å². The topological polar surface area (TPSA) is 130 Å². The quantitative estimate of drug-likeness (QED) is 0.557. The van der Waals surface area contributed by atoms with Gasteiger partial charge in [0.15, 0.2) is 5.82 Å². The smallest absolute Gasteiger partial charge is 0.410 e. The molecule has 1 aromatic carbocycles. The maximum Gasteiger partial charge on any atom is 0.410 e. The minimum absolute atomic E-state index is 0.0990. The SMILES string of the molecule is CC(C)n1ncnc1-c1cn2c(n1)-c1ccc(C3=C(C(N)=O)CN(C(=O)OC(C)(C)C)CC3)cc1OCC2. The van der Waals surface area contributed by atoms with Crippen LogP contribution in [0.4, 0.5) is 4.79 Å². The third kappa shape index (κ3) is 4.88. The van der Waals surface area contributed by atoms with Crippen molar-refractivity contribution in [3.05, 3.63) is 41.9 Å². The minimum Gasteiger partial charge on any atom is -0.491 e. The van der Waals surface area contributed by atoms with Crippen molar-refractivity contribution < 1.29 is 19.1 Å². The first-order chi connectivity index (χ1) is 18.0. The Labute approximate surface area is 221 Å². The molecule has 38 heavy (non-hydrogen) atoms. The summed E-state index contributed by atoms with van der Waals surface area (Å²) in [5.74, 6) is 1.61. The summed E-state index contributed by atoms with van der Waals surface area (Å²) in [6, 6.07) is 5.99. The predicted octanol–water partition coefficient (Wildman–Crippen LogP) is 3.66. The number of carbonyl (C=O) groups excluding carboxylic acids is 2. The van der Waals surface area contributed by atoms with Gasteiger partial charge >= 0.3 is 6.09 Å². The van der Waals surface area contributed by atoms with Gasteiger partial charge in [0.25, 0.3) is 0 Å². The lowest BCUT2D eigenvalue weighted by atomic mass is 9.92. The van der Waals surface area contributed by atoms with Crippen LogP contribution >= 0.6 is 0 Å². The van der Waals surface area contributed by atoms with E-state index in [0.717, 1.165) is 28.2 Å². The van der Waals surface area contributed by atoms with Crippen molar-refractivity contribution in [1.29, 1.82) is 0 Å². The van der Waals surface area contributed by atoms with Gasteiger partial charge in [-0.1, -0.05) is 6.07 Å². The molecule has 4 heterocycles. The maximum atomic E-state index is 12.6. The molecule has 0 saturated carbocycles. The largest absolute Gasteiger partial charge is 0.491 e. The van der Waals surface area contributed by atoms with Gasteiger partial charge in [0.1, 0.15) is 35.8 Å². The molecule has 2 amide bonds. The van der Waals surface area contributed by atoms with E-state index in [1.165, 1.54) is 4.90 Å². The molecule has 3 aromatic rings. The summed E-state index contributed by atoms with van der Waals surface area (Å²) in [6.07, 6.45) is 3.53. The summed E-state index contributed by atoms with van der Waals surface area (Å²) in [6.45, 7) is 11.1. The summed E-state index contributed by atoms with van der Waals surface area (Å²) in [5, 5.41) is 4.34. The Bertz CT molecular complexity index is 1430. The molecule has 0 radical (unpaired) electrons. The van der Waals surface area contributed by atoms with Crippen molar-refractivity contribution in [3.63, 3.8) is 0 Å². The molecule has 2 N–H and O–H groups in total. The molecule has 0 saturated heterocycles. The van der Waals surface area contributed by atoms with Gasteiger partial charge in [0, 0.05) is 24.4 Å². The average molecular weight is 520 g/mol. The first-order valence-electron chi connectivity index (χ1n) is 12.8. The molecule has 200 valence electrons.